The number of carbonyl (C=O) groups excluding carboxylic acids is 2. The fourth-order valence-electron chi connectivity index (χ4n) is 4.01. The van der Waals surface area contributed by atoms with Gasteiger partial charge in [-0.15, -0.1) is 0 Å². The molecule has 0 bridgehead atoms. The Kier molecular flexibility index (Phi) is 4.62. The maximum Gasteiger partial charge on any atom is 0.325 e. The lowest BCUT2D eigenvalue weighted by atomic mass is 9.91. The second-order valence-electron chi connectivity index (χ2n) is 7.87. The van der Waals surface area contributed by atoms with Crippen LogP contribution in [0.1, 0.15) is 18.1 Å². The highest BCUT2D eigenvalue weighted by Crippen LogP contribution is 2.37. The smallest absolute Gasteiger partial charge is 0.325 e. The first kappa shape index (κ1) is 19.2. The predicted octanol–water partition coefficient (Wildman–Crippen LogP) is 4.09. The number of imide groups is 1. The molecule has 2 heterocycles. The van der Waals surface area contributed by atoms with E-state index in [0.717, 1.165) is 16.7 Å². The molecule has 0 aromatic heterocycles. The molecule has 156 valence electrons. The summed E-state index contributed by atoms with van der Waals surface area (Å²) in [4.78, 5) is 27.2. The van der Waals surface area contributed by atoms with E-state index in [0.29, 0.717) is 30.3 Å². The number of urea groups is 1. The molecule has 2 aliphatic heterocycles. The SMILES string of the molecule is C[C@@]1(c2ccc3c(c2)OCCO3)NC(=O)N(Cc2ccc(-c3ccccc3)cc2)C1=O. The Hall–Kier alpha value is -3.80. The lowest BCUT2D eigenvalue weighted by Gasteiger charge is -2.25. The van der Waals surface area contributed by atoms with Gasteiger partial charge in [0, 0.05) is 0 Å². The van der Waals surface area contributed by atoms with E-state index in [1.165, 1.54) is 4.90 Å². The molecule has 5 rings (SSSR count). The van der Waals surface area contributed by atoms with Crippen molar-refractivity contribution < 1.29 is 19.1 Å². The van der Waals surface area contributed by atoms with Gasteiger partial charge in [0.05, 0.1) is 6.54 Å². The van der Waals surface area contributed by atoms with Gasteiger partial charge in [0.15, 0.2) is 11.5 Å². The average Bonchev–Trinajstić information content (AvgIpc) is 3.03. The van der Waals surface area contributed by atoms with Crippen molar-refractivity contribution in [3.63, 3.8) is 0 Å². The maximum atomic E-state index is 13.3. The van der Waals surface area contributed by atoms with Gasteiger partial charge < -0.3 is 14.8 Å². The predicted molar refractivity (Wildman–Crippen MR) is 116 cm³/mol. The molecule has 0 aliphatic carbocycles. The Morgan fingerprint density at radius 2 is 1.55 bits per heavy atom. The van der Waals surface area contributed by atoms with E-state index in [1.54, 1.807) is 25.1 Å². The molecule has 0 radical (unpaired) electrons. The molecule has 2 aliphatic rings. The number of amides is 3. The molecule has 31 heavy (non-hydrogen) atoms. The number of carbonyl (C=O) groups is 2. The zero-order chi connectivity index (χ0) is 21.4. The zero-order valence-electron chi connectivity index (χ0n) is 17.1. The van der Waals surface area contributed by atoms with Crippen molar-refractivity contribution in [3.8, 4) is 22.6 Å². The number of nitrogens with zero attached hydrogens (tertiary/aromatic N) is 1. The van der Waals surface area contributed by atoms with Gasteiger partial charge in [-0.3, -0.25) is 9.69 Å². The summed E-state index contributed by atoms with van der Waals surface area (Å²) in [7, 11) is 0. The fraction of sp³-hybridized carbons (Fsp3) is 0.200. The number of ether oxygens (including phenoxy) is 2. The van der Waals surface area contributed by atoms with Crippen LogP contribution in [0.5, 0.6) is 11.5 Å². The summed E-state index contributed by atoms with van der Waals surface area (Å²) >= 11 is 0. The van der Waals surface area contributed by atoms with Gasteiger partial charge in [-0.05, 0) is 41.3 Å². The van der Waals surface area contributed by atoms with Crippen molar-refractivity contribution in [2.24, 2.45) is 0 Å². The molecule has 1 fully saturated rings. The van der Waals surface area contributed by atoms with Crippen LogP contribution in [0.2, 0.25) is 0 Å². The van der Waals surface area contributed by atoms with Crippen molar-refractivity contribution in [2.75, 3.05) is 13.2 Å². The first-order chi connectivity index (χ1) is 15.0. The summed E-state index contributed by atoms with van der Waals surface area (Å²) in [6.45, 7) is 2.88. The monoisotopic (exact) mass is 414 g/mol. The van der Waals surface area contributed by atoms with Crippen LogP contribution < -0.4 is 14.8 Å². The number of rotatable bonds is 4. The van der Waals surface area contributed by atoms with Crippen LogP contribution in [0, 0.1) is 0 Å². The van der Waals surface area contributed by atoms with Crippen LogP contribution in [0.3, 0.4) is 0 Å². The molecule has 3 aromatic carbocycles. The molecule has 1 atom stereocenters. The van der Waals surface area contributed by atoms with Crippen molar-refractivity contribution >= 4 is 11.9 Å². The third-order valence-electron chi connectivity index (χ3n) is 5.80. The van der Waals surface area contributed by atoms with Crippen molar-refractivity contribution in [3.05, 3.63) is 83.9 Å². The van der Waals surface area contributed by atoms with Crippen LogP contribution in [0.15, 0.2) is 72.8 Å². The standard InChI is InChI=1S/C25H22N2O4/c1-25(20-11-12-21-22(15-20)31-14-13-30-21)23(28)27(24(29)26-25)16-17-7-9-19(10-8-17)18-5-3-2-4-6-18/h2-12,15H,13-14,16H2,1H3,(H,26,29)/t25-/m0/s1. The van der Waals surface area contributed by atoms with E-state index in [-0.39, 0.29) is 12.5 Å². The lowest BCUT2D eigenvalue weighted by Crippen LogP contribution is -2.41. The minimum atomic E-state index is -1.16. The summed E-state index contributed by atoms with van der Waals surface area (Å²) in [6.07, 6.45) is 0. The highest BCUT2D eigenvalue weighted by molar-refractivity contribution is 6.07. The molecule has 0 unspecified atom stereocenters. The lowest BCUT2D eigenvalue weighted by molar-refractivity contribution is -0.131. The third kappa shape index (κ3) is 3.40. The minimum Gasteiger partial charge on any atom is -0.486 e. The Bertz CT molecular complexity index is 1140. The first-order valence-electron chi connectivity index (χ1n) is 10.2. The number of nitrogens with one attached hydrogen (secondary N) is 1. The first-order valence-corrected chi connectivity index (χ1v) is 10.2. The second-order valence-corrected chi connectivity index (χ2v) is 7.87. The molecule has 1 saturated heterocycles. The molecule has 3 aromatic rings. The molecule has 6 heteroatoms. The van der Waals surface area contributed by atoms with Crippen LogP contribution in [0.4, 0.5) is 4.79 Å². The highest BCUT2D eigenvalue weighted by Gasteiger charge is 2.49. The average molecular weight is 414 g/mol. The molecular formula is C25H22N2O4. The van der Waals surface area contributed by atoms with Gasteiger partial charge in [0.25, 0.3) is 5.91 Å². The number of hydrogen-bond acceptors (Lipinski definition) is 4. The normalized spacial score (nSPS) is 20.0. The number of hydrogen-bond donors (Lipinski definition) is 1. The summed E-state index contributed by atoms with van der Waals surface area (Å²) in [5.74, 6) is 0.939. The molecular weight excluding hydrogens is 392 g/mol. The summed E-state index contributed by atoms with van der Waals surface area (Å²) in [5.41, 5.74) is 2.60. The van der Waals surface area contributed by atoms with Crippen molar-refractivity contribution in [2.45, 2.75) is 19.0 Å². The van der Waals surface area contributed by atoms with Crippen LogP contribution in [-0.2, 0) is 16.9 Å². The Balaban J connectivity index is 1.37. The van der Waals surface area contributed by atoms with Gasteiger partial charge >= 0.3 is 6.03 Å². The maximum absolute atomic E-state index is 13.3. The second kappa shape index (κ2) is 7.47. The van der Waals surface area contributed by atoms with Gasteiger partial charge in [0.1, 0.15) is 18.8 Å². The summed E-state index contributed by atoms with van der Waals surface area (Å²) < 4.78 is 11.2. The molecule has 0 saturated carbocycles. The largest absolute Gasteiger partial charge is 0.486 e. The van der Waals surface area contributed by atoms with Gasteiger partial charge in [-0.25, -0.2) is 4.79 Å². The fourth-order valence-corrected chi connectivity index (χ4v) is 4.01. The zero-order valence-corrected chi connectivity index (χ0v) is 17.1. The highest BCUT2D eigenvalue weighted by atomic mass is 16.6. The van der Waals surface area contributed by atoms with E-state index >= 15 is 0 Å². The third-order valence-corrected chi connectivity index (χ3v) is 5.80. The molecule has 6 nitrogen and oxygen atoms in total. The van der Waals surface area contributed by atoms with Gasteiger partial charge in [-0.2, -0.15) is 0 Å². The summed E-state index contributed by atoms with van der Waals surface area (Å²) in [6, 6.07) is 22.9. The quantitative estimate of drug-likeness (QED) is 0.653. The van der Waals surface area contributed by atoms with E-state index in [9.17, 15) is 9.59 Å². The van der Waals surface area contributed by atoms with E-state index in [1.807, 2.05) is 54.6 Å². The van der Waals surface area contributed by atoms with E-state index in [2.05, 4.69) is 5.32 Å². The van der Waals surface area contributed by atoms with Crippen LogP contribution in [0.25, 0.3) is 11.1 Å². The van der Waals surface area contributed by atoms with Crippen molar-refractivity contribution in [1.82, 2.24) is 10.2 Å². The van der Waals surface area contributed by atoms with E-state index < -0.39 is 11.6 Å². The Morgan fingerprint density at radius 3 is 2.29 bits per heavy atom. The van der Waals surface area contributed by atoms with Crippen molar-refractivity contribution in [1.29, 1.82) is 0 Å². The molecule has 0 spiro atoms. The molecule has 1 N–H and O–H groups in total. The Labute approximate surface area is 180 Å². The van der Waals surface area contributed by atoms with Gasteiger partial charge in [-0.1, -0.05) is 60.7 Å². The number of benzene rings is 3. The Morgan fingerprint density at radius 1 is 0.871 bits per heavy atom. The topological polar surface area (TPSA) is 67.9 Å². The molecule has 3 amide bonds. The van der Waals surface area contributed by atoms with E-state index in [4.69, 9.17) is 9.47 Å². The minimum absolute atomic E-state index is 0.208. The van der Waals surface area contributed by atoms with Crippen LogP contribution in [-0.4, -0.2) is 30.1 Å². The van der Waals surface area contributed by atoms with Crippen LogP contribution >= 0.6 is 0 Å². The number of fused-ring (bicyclic) bond motifs is 1. The summed E-state index contributed by atoms with van der Waals surface area (Å²) in [5, 5.41) is 2.85. The van der Waals surface area contributed by atoms with Gasteiger partial charge in [0.2, 0.25) is 0 Å².